The van der Waals surface area contributed by atoms with Gasteiger partial charge in [-0.1, -0.05) is 23.7 Å². The van der Waals surface area contributed by atoms with Gasteiger partial charge in [0.2, 0.25) is 15.9 Å². The summed E-state index contributed by atoms with van der Waals surface area (Å²) >= 11 is 5.89. The average molecular weight is 382 g/mol. The third-order valence-electron chi connectivity index (χ3n) is 3.62. The summed E-state index contributed by atoms with van der Waals surface area (Å²) in [6.07, 6.45) is 0.594. The molecule has 8 heteroatoms. The average Bonchev–Trinajstić information content (AvgIpc) is 2.53. The van der Waals surface area contributed by atoms with Crippen molar-refractivity contribution in [2.24, 2.45) is 5.14 Å². The highest BCUT2D eigenvalue weighted by Crippen LogP contribution is 2.19. The van der Waals surface area contributed by atoms with Crippen LogP contribution in [-0.2, 0) is 21.2 Å². The van der Waals surface area contributed by atoms with Gasteiger partial charge in [0.1, 0.15) is 0 Å². The van der Waals surface area contributed by atoms with Crippen LogP contribution in [0.15, 0.2) is 47.4 Å². The molecule has 0 aromatic heterocycles. The topological polar surface area (TPSA) is 101 Å². The third kappa shape index (κ3) is 6.04. The maximum absolute atomic E-state index is 11.9. The van der Waals surface area contributed by atoms with E-state index in [-0.39, 0.29) is 17.3 Å². The van der Waals surface area contributed by atoms with E-state index >= 15 is 0 Å². The fourth-order valence-electron chi connectivity index (χ4n) is 2.26. The highest BCUT2D eigenvalue weighted by molar-refractivity contribution is 7.89. The predicted molar refractivity (Wildman–Crippen MR) is 99.2 cm³/mol. The van der Waals surface area contributed by atoms with Crippen molar-refractivity contribution in [3.8, 4) is 0 Å². The Balaban J connectivity index is 1.77. The van der Waals surface area contributed by atoms with Crippen molar-refractivity contribution in [2.45, 2.75) is 18.2 Å². The number of nitrogens with one attached hydrogen (secondary N) is 2. The number of amides is 1. The predicted octanol–water partition coefficient (Wildman–Crippen LogP) is 2.07. The highest BCUT2D eigenvalue weighted by Gasteiger charge is 2.07. The Bertz CT molecular complexity index is 852. The summed E-state index contributed by atoms with van der Waals surface area (Å²) in [5, 5.41) is 11.6. The van der Waals surface area contributed by atoms with Crippen LogP contribution < -0.4 is 15.8 Å². The Hall–Kier alpha value is -2.09. The molecule has 1 amide bonds. The van der Waals surface area contributed by atoms with Gasteiger partial charge in [-0.2, -0.15) is 0 Å². The molecule has 0 aliphatic heterocycles. The number of carbonyl (C=O) groups excluding carboxylic acids is 1. The second-order valence-electron chi connectivity index (χ2n) is 5.60. The van der Waals surface area contributed by atoms with Gasteiger partial charge in [-0.25, -0.2) is 13.6 Å². The van der Waals surface area contributed by atoms with Crippen LogP contribution in [-0.4, -0.2) is 27.4 Å². The van der Waals surface area contributed by atoms with E-state index in [0.29, 0.717) is 18.0 Å². The summed E-state index contributed by atoms with van der Waals surface area (Å²) in [5.41, 5.74) is 2.74. The van der Waals surface area contributed by atoms with E-state index in [1.165, 1.54) is 12.1 Å². The lowest BCUT2D eigenvalue weighted by molar-refractivity contribution is -0.119. The van der Waals surface area contributed by atoms with Gasteiger partial charge in [-0.15, -0.1) is 0 Å². The van der Waals surface area contributed by atoms with E-state index in [2.05, 4.69) is 10.6 Å². The second kappa shape index (κ2) is 8.33. The lowest BCUT2D eigenvalue weighted by Crippen LogP contribution is -2.31. The van der Waals surface area contributed by atoms with Gasteiger partial charge in [-0.05, 0) is 54.8 Å². The number of carbonyl (C=O) groups is 1. The first-order valence-electron chi connectivity index (χ1n) is 7.64. The second-order valence-corrected chi connectivity index (χ2v) is 7.60. The number of nitrogens with two attached hydrogens (primary N) is 1. The molecule has 0 bridgehead atoms. The van der Waals surface area contributed by atoms with E-state index in [0.717, 1.165) is 16.8 Å². The summed E-state index contributed by atoms with van der Waals surface area (Å²) in [7, 11) is -3.68. The van der Waals surface area contributed by atoms with Crippen molar-refractivity contribution in [2.75, 3.05) is 18.4 Å². The molecule has 0 saturated carbocycles. The Morgan fingerprint density at radius 3 is 2.44 bits per heavy atom. The number of anilines is 1. The van der Waals surface area contributed by atoms with Crippen LogP contribution in [0.1, 0.15) is 11.1 Å². The van der Waals surface area contributed by atoms with Gasteiger partial charge < -0.3 is 10.6 Å². The number of aryl methyl sites for hydroxylation is 1. The summed E-state index contributed by atoms with van der Waals surface area (Å²) in [6.45, 7) is 2.53. The molecule has 0 radical (unpaired) electrons. The van der Waals surface area contributed by atoms with Gasteiger partial charge in [0.25, 0.3) is 0 Å². The van der Waals surface area contributed by atoms with Crippen LogP contribution in [0.5, 0.6) is 0 Å². The number of primary sulfonamides is 1. The molecule has 4 N–H and O–H groups in total. The number of halogens is 1. The van der Waals surface area contributed by atoms with Crippen LogP contribution in [0.4, 0.5) is 5.69 Å². The maximum atomic E-state index is 11.9. The molecule has 134 valence electrons. The van der Waals surface area contributed by atoms with Crippen LogP contribution >= 0.6 is 11.6 Å². The van der Waals surface area contributed by atoms with E-state index in [4.69, 9.17) is 16.7 Å². The van der Waals surface area contributed by atoms with Crippen molar-refractivity contribution in [3.63, 3.8) is 0 Å². The third-order valence-corrected chi connectivity index (χ3v) is 4.78. The molecule has 2 aromatic rings. The van der Waals surface area contributed by atoms with Crippen molar-refractivity contribution in [1.29, 1.82) is 0 Å². The van der Waals surface area contributed by atoms with Crippen molar-refractivity contribution >= 4 is 33.2 Å². The summed E-state index contributed by atoms with van der Waals surface area (Å²) in [4.78, 5) is 11.9. The molecule has 0 aliphatic rings. The minimum atomic E-state index is -3.68. The molecule has 6 nitrogen and oxygen atoms in total. The molecule has 0 unspecified atom stereocenters. The highest BCUT2D eigenvalue weighted by atomic mass is 35.5. The summed E-state index contributed by atoms with van der Waals surface area (Å²) in [6, 6.07) is 11.7. The van der Waals surface area contributed by atoms with E-state index in [1.807, 2.05) is 19.1 Å². The fraction of sp³-hybridized carbons (Fsp3) is 0.235. The molecule has 0 saturated heterocycles. The van der Waals surface area contributed by atoms with Crippen LogP contribution in [0.3, 0.4) is 0 Å². The molecule has 0 heterocycles. The molecule has 2 rings (SSSR count). The number of sulfonamides is 1. The number of rotatable bonds is 7. The van der Waals surface area contributed by atoms with Gasteiger partial charge >= 0.3 is 0 Å². The van der Waals surface area contributed by atoms with Gasteiger partial charge in [-0.3, -0.25) is 4.79 Å². The number of hydrogen-bond acceptors (Lipinski definition) is 4. The zero-order chi connectivity index (χ0) is 18.4. The molecule has 0 spiro atoms. The molecule has 0 fully saturated rings. The first-order valence-corrected chi connectivity index (χ1v) is 9.56. The molecule has 2 aromatic carbocycles. The van der Waals surface area contributed by atoms with E-state index in [1.54, 1.807) is 18.2 Å². The fourth-order valence-corrected chi connectivity index (χ4v) is 3.00. The summed E-state index contributed by atoms with van der Waals surface area (Å²) < 4.78 is 22.4. The van der Waals surface area contributed by atoms with E-state index in [9.17, 15) is 13.2 Å². The standard InChI is InChI=1S/C17H20ClN3O3S/c1-12-10-14(18)4-7-16(12)21-11-17(22)20-9-8-13-2-5-15(6-3-13)25(19,23)24/h2-7,10,21H,8-9,11H2,1H3,(H,20,22)(H2,19,23,24). The molecule has 0 atom stereocenters. The van der Waals surface area contributed by atoms with Crippen molar-refractivity contribution < 1.29 is 13.2 Å². The Morgan fingerprint density at radius 1 is 1.16 bits per heavy atom. The molecule has 25 heavy (non-hydrogen) atoms. The first kappa shape index (κ1) is 19.2. The maximum Gasteiger partial charge on any atom is 0.239 e. The Morgan fingerprint density at radius 2 is 1.84 bits per heavy atom. The largest absolute Gasteiger partial charge is 0.376 e. The number of benzene rings is 2. The van der Waals surface area contributed by atoms with Crippen LogP contribution in [0.2, 0.25) is 5.02 Å². The zero-order valence-corrected chi connectivity index (χ0v) is 15.3. The molecular formula is C17H20ClN3O3S. The van der Waals surface area contributed by atoms with Gasteiger partial charge in [0, 0.05) is 17.3 Å². The quantitative estimate of drug-likeness (QED) is 0.683. The van der Waals surface area contributed by atoms with Crippen LogP contribution in [0.25, 0.3) is 0 Å². The van der Waals surface area contributed by atoms with Crippen molar-refractivity contribution in [1.82, 2.24) is 5.32 Å². The lowest BCUT2D eigenvalue weighted by atomic mass is 10.1. The number of hydrogen-bond donors (Lipinski definition) is 3. The lowest BCUT2D eigenvalue weighted by Gasteiger charge is -2.10. The minimum absolute atomic E-state index is 0.0721. The van der Waals surface area contributed by atoms with Crippen molar-refractivity contribution in [3.05, 3.63) is 58.6 Å². The Kier molecular flexibility index (Phi) is 6.41. The zero-order valence-electron chi connectivity index (χ0n) is 13.8. The Labute approximate surface area is 152 Å². The SMILES string of the molecule is Cc1cc(Cl)ccc1NCC(=O)NCCc1ccc(S(N)(=O)=O)cc1. The van der Waals surface area contributed by atoms with Gasteiger partial charge in [0.15, 0.2) is 0 Å². The van der Waals surface area contributed by atoms with E-state index < -0.39 is 10.0 Å². The molecular weight excluding hydrogens is 362 g/mol. The summed E-state index contributed by atoms with van der Waals surface area (Å²) in [5.74, 6) is -0.129. The van der Waals surface area contributed by atoms with Gasteiger partial charge in [0.05, 0.1) is 11.4 Å². The smallest absolute Gasteiger partial charge is 0.239 e. The molecule has 0 aliphatic carbocycles. The van der Waals surface area contributed by atoms with Crippen LogP contribution in [0, 0.1) is 6.92 Å². The monoisotopic (exact) mass is 381 g/mol. The normalized spacial score (nSPS) is 11.2. The minimum Gasteiger partial charge on any atom is -0.376 e. The first-order chi connectivity index (χ1) is 11.8.